The molecule has 1 fully saturated rings. The summed E-state index contributed by atoms with van der Waals surface area (Å²) < 4.78 is 5.48. The third kappa shape index (κ3) is 6.92. The first-order valence-electron chi connectivity index (χ1n) is 10.1. The van der Waals surface area contributed by atoms with Crippen molar-refractivity contribution in [1.29, 1.82) is 0 Å². The fourth-order valence-electron chi connectivity index (χ4n) is 3.87. The lowest BCUT2D eigenvalue weighted by atomic mass is 9.85. The van der Waals surface area contributed by atoms with Crippen LogP contribution in [0.5, 0.6) is 5.75 Å². The molecule has 0 saturated heterocycles. The summed E-state index contributed by atoms with van der Waals surface area (Å²) in [5, 5.41) is 6.37. The lowest BCUT2D eigenvalue weighted by Crippen LogP contribution is -2.37. The standard InChI is InChI=1S/C23H29N3O3.2ClH/c1-15(27)21-13-18(10-11-25-21)17-6-9-22(29-3)19(12-17)14-26-23(28)16-4-7-20(24-2)8-5-16;;/h6,9-13,16,20,24H,4-5,7-8,14H2,1-3H3,(H,26,28);2*1H. The summed E-state index contributed by atoms with van der Waals surface area (Å²) in [6, 6.07) is 10.0. The quantitative estimate of drug-likeness (QED) is 0.596. The first-order valence-corrected chi connectivity index (χ1v) is 10.1. The van der Waals surface area contributed by atoms with Crippen LogP contribution in [0.15, 0.2) is 36.5 Å². The molecule has 0 radical (unpaired) electrons. The second-order valence-corrected chi connectivity index (χ2v) is 7.57. The van der Waals surface area contributed by atoms with E-state index >= 15 is 0 Å². The minimum Gasteiger partial charge on any atom is -0.496 e. The average molecular weight is 468 g/mol. The van der Waals surface area contributed by atoms with Crippen molar-refractivity contribution in [2.45, 2.75) is 45.2 Å². The summed E-state index contributed by atoms with van der Waals surface area (Å²) in [4.78, 5) is 28.4. The summed E-state index contributed by atoms with van der Waals surface area (Å²) >= 11 is 0. The van der Waals surface area contributed by atoms with Gasteiger partial charge in [-0.1, -0.05) is 6.07 Å². The van der Waals surface area contributed by atoms with Gasteiger partial charge < -0.3 is 15.4 Å². The third-order valence-corrected chi connectivity index (χ3v) is 5.69. The minimum atomic E-state index is -0.0687. The lowest BCUT2D eigenvalue weighted by Gasteiger charge is -2.27. The van der Waals surface area contributed by atoms with Gasteiger partial charge >= 0.3 is 0 Å². The largest absolute Gasteiger partial charge is 0.496 e. The number of rotatable bonds is 7. The van der Waals surface area contributed by atoms with E-state index in [-0.39, 0.29) is 42.4 Å². The molecule has 2 aromatic rings. The van der Waals surface area contributed by atoms with E-state index in [4.69, 9.17) is 4.74 Å². The maximum atomic E-state index is 12.6. The molecule has 0 unspecified atom stereocenters. The first-order chi connectivity index (χ1) is 14.0. The van der Waals surface area contributed by atoms with E-state index in [0.717, 1.165) is 48.1 Å². The maximum Gasteiger partial charge on any atom is 0.223 e. The molecule has 3 rings (SSSR count). The normalized spacial score (nSPS) is 17.6. The van der Waals surface area contributed by atoms with Crippen LogP contribution in [0.1, 0.15) is 48.7 Å². The zero-order valence-electron chi connectivity index (χ0n) is 18.1. The van der Waals surface area contributed by atoms with E-state index in [0.29, 0.717) is 18.3 Å². The second-order valence-electron chi connectivity index (χ2n) is 7.57. The number of benzene rings is 1. The van der Waals surface area contributed by atoms with Crippen molar-refractivity contribution in [1.82, 2.24) is 15.6 Å². The van der Waals surface area contributed by atoms with E-state index in [1.807, 2.05) is 31.3 Å². The van der Waals surface area contributed by atoms with Crippen LogP contribution in [0.3, 0.4) is 0 Å². The van der Waals surface area contributed by atoms with Gasteiger partial charge in [0.05, 0.1) is 7.11 Å². The van der Waals surface area contributed by atoms with Gasteiger partial charge in [0, 0.05) is 37.2 Å². The van der Waals surface area contributed by atoms with Gasteiger partial charge in [-0.15, -0.1) is 24.8 Å². The van der Waals surface area contributed by atoms with Gasteiger partial charge in [0.2, 0.25) is 5.91 Å². The van der Waals surface area contributed by atoms with Crippen molar-refractivity contribution in [3.05, 3.63) is 47.8 Å². The van der Waals surface area contributed by atoms with Gasteiger partial charge in [-0.2, -0.15) is 0 Å². The van der Waals surface area contributed by atoms with Gasteiger partial charge in [0.15, 0.2) is 5.78 Å². The van der Waals surface area contributed by atoms with Crippen LogP contribution >= 0.6 is 24.8 Å². The molecule has 31 heavy (non-hydrogen) atoms. The number of halogens is 2. The first kappa shape index (κ1) is 26.9. The number of hydrogen-bond acceptors (Lipinski definition) is 5. The number of aromatic nitrogens is 1. The summed E-state index contributed by atoms with van der Waals surface area (Å²) in [6.07, 6.45) is 5.54. The number of carbonyl (C=O) groups is 2. The second kappa shape index (κ2) is 12.6. The van der Waals surface area contributed by atoms with Crippen molar-refractivity contribution < 1.29 is 14.3 Å². The number of amides is 1. The summed E-state index contributed by atoms with van der Waals surface area (Å²) in [6.45, 7) is 1.91. The van der Waals surface area contributed by atoms with Crippen LogP contribution in [0.4, 0.5) is 0 Å². The average Bonchev–Trinajstić information content (AvgIpc) is 2.77. The monoisotopic (exact) mass is 467 g/mol. The molecule has 0 aliphatic heterocycles. The van der Waals surface area contributed by atoms with Gasteiger partial charge in [0.1, 0.15) is 11.4 Å². The molecule has 8 heteroatoms. The fourth-order valence-corrected chi connectivity index (χ4v) is 3.87. The molecule has 0 atom stereocenters. The fraction of sp³-hybridized carbons (Fsp3) is 0.435. The molecule has 1 heterocycles. The van der Waals surface area contributed by atoms with E-state index in [2.05, 4.69) is 15.6 Å². The number of methoxy groups -OCH3 is 1. The molecule has 1 aromatic heterocycles. The van der Waals surface area contributed by atoms with Crippen LogP contribution in [0.2, 0.25) is 0 Å². The minimum absolute atomic E-state index is 0. The highest BCUT2D eigenvalue weighted by Gasteiger charge is 2.25. The Balaban J connectivity index is 0.00000240. The zero-order chi connectivity index (χ0) is 20.8. The number of nitrogens with zero attached hydrogens (tertiary/aromatic N) is 1. The van der Waals surface area contributed by atoms with Crippen molar-refractivity contribution in [3.63, 3.8) is 0 Å². The van der Waals surface area contributed by atoms with Gasteiger partial charge in [-0.25, -0.2) is 0 Å². The van der Waals surface area contributed by atoms with Crippen molar-refractivity contribution in [3.8, 4) is 16.9 Å². The topological polar surface area (TPSA) is 80.3 Å². The summed E-state index contributed by atoms with van der Waals surface area (Å²) in [7, 11) is 3.60. The molecule has 0 bridgehead atoms. The van der Waals surface area contributed by atoms with Crippen LogP contribution < -0.4 is 15.4 Å². The Kier molecular flexibility index (Phi) is 11.0. The molecule has 2 N–H and O–H groups in total. The van der Waals surface area contributed by atoms with E-state index in [1.54, 1.807) is 19.4 Å². The van der Waals surface area contributed by atoms with Crippen molar-refractivity contribution >= 4 is 36.5 Å². The molecule has 1 aromatic carbocycles. The Bertz CT molecular complexity index is 884. The van der Waals surface area contributed by atoms with Crippen molar-refractivity contribution in [2.24, 2.45) is 5.92 Å². The number of ketones is 1. The Labute approximate surface area is 196 Å². The molecule has 1 amide bonds. The van der Waals surface area contributed by atoms with Crippen LogP contribution in [-0.2, 0) is 11.3 Å². The highest BCUT2D eigenvalue weighted by atomic mass is 35.5. The highest BCUT2D eigenvalue weighted by Crippen LogP contribution is 2.28. The number of hydrogen-bond donors (Lipinski definition) is 2. The SMILES string of the molecule is CNC1CCC(C(=O)NCc2cc(-c3ccnc(C(C)=O)c3)ccc2OC)CC1.Cl.Cl. The molecule has 1 aliphatic carbocycles. The Morgan fingerprint density at radius 2 is 1.74 bits per heavy atom. The molecule has 0 spiro atoms. The zero-order valence-corrected chi connectivity index (χ0v) is 19.8. The maximum absolute atomic E-state index is 12.6. The van der Waals surface area contributed by atoms with Crippen molar-refractivity contribution in [2.75, 3.05) is 14.2 Å². The smallest absolute Gasteiger partial charge is 0.223 e. The van der Waals surface area contributed by atoms with Crippen LogP contribution in [-0.4, -0.2) is 36.9 Å². The van der Waals surface area contributed by atoms with Gasteiger partial charge in [0.25, 0.3) is 0 Å². The van der Waals surface area contributed by atoms with Crippen LogP contribution in [0.25, 0.3) is 11.1 Å². The molecular weight excluding hydrogens is 437 g/mol. The molecule has 6 nitrogen and oxygen atoms in total. The Morgan fingerprint density at radius 3 is 2.35 bits per heavy atom. The number of carbonyl (C=O) groups excluding carboxylic acids is 2. The Hall–Kier alpha value is -2.15. The van der Waals surface area contributed by atoms with Gasteiger partial charge in [-0.3, -0.25) is 14.6 Å². The van der Waals surface area contributed by atoms with E-state index < -0.39 is 0 Å². The molecule has 1 aliphatic rings. The highest BCUT2D eigenvalue weighted by molar-refractivity contribution is 5.93. The third-order valence-electron chi connectivity index (χ3n) is 5.69. The van der Waals surface area contributed by atoms with Crippen LogP contribution in [0, 0.1) is 5.92 Å². The van der Waals surface area contributed by atoms with Gasteiger partial charge in [-0.05, 0) is 68.1 Å². The number of ether oxygens (including phenoxy) is 1. The summed E-state index contributed by atoms with van der Waals surface area (Å²) in [5.74, 6) is 0.844. The summed E-state index contributed by atoms with van der Waals surface area (Å²) in [5.41, 5.74) is 3.20. The molecular formula is C23H31Cl2N3O3. The number of nitrogens with one attached hydrogen (secondary N) is 2. The van der Waals surface area contributed by atoms with E-state index in [1.165, 1.54) is 6.92 Å². The predicted octanol–water partition coefficient (Wildman–Crippen LogP) is 4.20. The number of Topliss-reactive ketones (excluding diaryl/α,β-unsaturated/α-hetero) is 1. The molecule has 1 saturated carbocycles. The lowest BCUT2D eigenvalue weighted by molar-refractivity contribution is -0.126. The Morgan fingerprint density at radius 1 is 1.06 bits per heavy atom. The predicted molar refractivity (Wildman–Crippen MR) is 127 cm³/mol. The van der Waals surface area contributed by atoms with E-state index in [9.17, 15) is 9.59 Å². The number of pyridine rings is 1. The molecule has 170 valence electrons.